The molecule has 0 radical (unpaired) electrons. The van der Waals surface area contributed by atoms with E-state index in [4.69, 9.17) is 15.7 Å². The summed E-state index contributed by atoms with van der Waals surface area (Å²) in [6.45, 7) is 14.0. The van der Waals surface area contributed by atoms with Gasteiger partial charge in [0.25, 0.3) is 5.70 Å². The molecular formula is C22H30N6O5S. The van der Waals surface area contributed by atoms with Gasteiger partial charge >= 0.3 is 6.09 Å². The first-order valence-corrected chi connectivity index (χ1v) is 11.3. The number of carbonyl (C=O) groups is 2. The highest BCUT2D eigenvalue weighted by atomic mass is 32.1. The smallest absolute Gasteiger partial charge is 0.408 e. The monoisotopic (exact) mass is 490 g/mol. The van der Waals surface area contributed by atoms with Crippen molar-refractivity contribution in [2.45, 2.75) is 51.7 Å². The van der Waals surface area contributed by atoms with Crippen molar-refractivity contribution in [2.24, 2.45) is 5.73 Å². The first-order chi connectivity index (χ1) is 15.8. The predicted molar refractivity (Wildman–Crippen MR) is 128 cm³/mol. The number of ether oxygens (including phenoxy) is 1. The topological polar surface area (TPSA) is 164 Å². The van der Waals surface area contributed by atoms with Crippen LogP contribution in [-0.2, 0) is 16.0 Å². The molecule has 1 aromatic rings. The number of alkyl carbamates (subject to hydrolysis) is 1. The van der Waals surface area contributed by atoms with Gasteiger partial charge in [-0.15, -0.1) is 11.3 Å². The molecule has 184 valence electrons. The normalized spacial score (nSPS) is 14.2. The number of aromatic nitrogens is 1. The number of thiazole rings is 1. The van der Waals surface area contributed by atoms with Crippen LogP contribution in [0, 0.1) is 21.4 Å². The Morgan fingerprint density at radius 2 is 2.06 bits per heavy atom. The molecule has 2 amide bonds. The van der Waals surface area contributed by atoms with Crippen LogP contribution in [-0.4, -0.2) is 51.5 Å². The number of nitrogens with zero attached hydrogens (tertiary/aromatic N) is 4. The van der Waals surface area contributed by atoms with E-state index >= 15 is 0 Å². The van der Waals surface area contributed by atoms with Crippen molar-refractivity contribution in [3.05, 3.63) is 62.9 Å². The number of primary amides is 1. The summed E-state index contributed by atoms with van der Waals surface area (Å²) in [7, 11) is 0. The predicted octanol–water partition coefficient (Wildman–Crippen LogP) is 2.90. The third kappa shape index (κ3) is 10.3. The molecule has 1 fully saturated rings. The summed E-state index contributed by atoms with van der Waals surface area (Å²) in [4.78, 5) is 38.6. The Hall–Kier alpha value is -3.72. The van der Waals surface area contributed by atoms with E-state index in [0.29, 0.717) is 11.4 Å². The molecule has 2 rings (SSSR count). The van der Waals surface area contributed by atoms with Gasteiger partial charge in [-0.05, 0) is 40.2 Å². The van der Waals surface area contributed by atoms with E-state index in [9.17, 15) is 19.7 Å². The summed E-state index contributed by atoms with van der Waals surface area (Å²) < 4.78 is 5.06. The highest BCUT2D eigenvalue weighted by Crippen LogP contribution is 2.20. The Balaban J connectivity index is 0.000000342. The number of nitrogens with two attached hydrogens (primary N) is 1. The van der Waals surface area contributed by atoms with Crippen LogP contribution in [0.2, 0.25) is 0 Å². The highest BCUT2D eigenvalue weighted by Gasteiger charge is 2.23. The van der Waals surface area contributed by atoms with Gasteiger partial charge in [0.2, 0.25) is 5.91 Å². The third-order valence-electron chi connectivity index (χ3n) is 4.40. The largest absolute Gasteiger partial charge is 0.444 e. The van der Waals surface area contributed by atoms with E-state index in [2.05, 4.69) is 23.5 Å². The van der Waals surface area contributed by atoms with Crippen molar-refractivity contribution >= 4 is 23.3 Å². The first-order valence-electron chi connectivity index (χ1n) is 10.4. The van der Waals surface area contributed by atoms with Crippen LogP contribution in [0.25, 0.3) is 0 Å². The van der Waals surface area contributed by atoms with Gasteiger partial charge in [-0.1, -0.05) is 6.58 Å². The molecule has 1 atom stereocenters. The number of carbonyl (C=O) groups excluding carboxylic acids is 2. The number of nitrogens with one attached hydrogen (secondary N) is 1. The molecular weight excluding hydrogens is 460 g/mol. The molecule has 1 aliphatic rings. The summed E-state index contributed by atoms with van der Waals surface area (Å²) in [5.74, 6) is -0.617. The number of hydrogen-bond donors (Lipinski definition) is 2. The van der Waals surface area contributed by atoms with Crippen LogP contribution in [0.15, 0.2) is 47.1 Å². The van der Waals surface area contributed by atoms with Crippen LogP contribution < -0.4 is 11.1 Å². The number of nitro groups is 1. The SMILES string of the molecule is C=C(/C(C#N)=C\C(=C)[N+](=O)[O-])N1CCCC1.CC(C)(C)OC(=O)N[C@@H](Cc1cscn1)C(N)=O. The molecule has 12 heteroatoms. The maximum atomic E-state index is 11.5. The lowest BCUT2D eigenvalue weighted by Gasteiger charge is -2.22. The second-order valence-corrected chi connectivity index (χ2v) is 9.06. The van der Waals surface area contributed by atoms with E-state index < -0.39 is 28.6 Å². The van der Waals surface area contributed by atoms with Gasteiger partial charge in [0, 0.05) is 36.7 Å². The fourth-order valence-corrected chi connectivity index (χ4v) is 3.35. The van der Waals surface area contributed by atoms with Crippen LogP contribution in [0.1, 0.15) is 39.3 Å². The molecule has 0 aromatic carbocycles. The number of rotatable bonds is 8. The van der Waals surface area contributed by atoms with Crippen molar-refractivity contribution in [3.63, 3.8) is 0 Å². The molecule has 0 unspecified atom stereocenters. The summed E-state index contributed by atoms with van der Waals surface area (Å²) in [6, 6.07) is 1.10. The van der Waals surface area contributed by atoms with Gasteiger partial charge in [-0.25, -0.2) is 9.78 Å². The third-order valence-corrected chi connectivity index (χ3v) is 5.03. The standard InChI is InChI=1S/C11H17N3O3S.C11H13N3O2/c1-11(2,3)17-10(16)14-8(9(12)15)4-7-5-18-6-13-7;1-9(14(15)16)7-11(8-12)10(2)13-5-3-4-6-13/h5-6,8H,4H2,1-3H3,(H2,12,15)(H,14,16);7H,1-6H2/b;11-7-/t8-;/m0./s1. The van der Waals surface area contributed by atoms with E-state index in [1.807, 2.05) is 11.0 Å². The Morgan fingerprint density at radius 1 is 1.44 bits per heavy atom. The Kier molecular flexibility index (Phi) is 10.9. The van der Waals surface area contributed by atoms with Crippen molar-refractivity contribution in [1.82, 2.24) is 15.2 Å². The van der Waals surface area contributed by atoms with Gasteiger partial charge in [-0.2, -0.15) is 5.26 Å². The minimum Gasteiger partial charge on any atom is -0.444 e. The van der Waals surface area contributed by atoms with Gasteiger partial charge in [0.15, 0.2) is 0 Å². The summed E-state index contributed by atoms with van der Waals surface area (Å²) >= 11 is 1.42. The quantitative estimate of drug-likeness (QED) is 0.243. The molecule has 0 spiro atoms. The number of likely N-dealkylation sites (tertiary alicyclic amines) is 1. The molecule has 1 saturated heterocycles. The zero-order chi connectivity index (χ0) is 25.9. The molecule has 0 bridgehead atoms. The van der Waals surface area contributed by atoms with Crippen molar-refractivity contribution in [3.8, 4) is 6.07 Å². The number of allylic oxidation sites excluding steroid dienone is 2. The molecule has 1 aromatic heterocycles. The van der Waals surface area contributed by atoms with Crippen molar-refractivity contribution in [2.75, 3.05) is 13.1 Å². The zero-order valence-corrected chi connectivity index (χ0v) is 20.4. The van der Waals surface area contributed by atoms with Gasteiger partial charge in [0.1, 0.15) is 17.7 Å². The lowest BCUT2D eigenvalue weighted by Crippen LogP contribution is -2.47. The van der Waals surface area contributed by atoms with E-state index in [-0.39, 0.29) is 17.7 Å². The van der Waals surface area contributed by atoms with Crippen LogP contribution in [0.3, 0.4) is 0 Å². The average molecular weight is 491 g/mol. The van der Waals surface area contributed by atoms with Gasteiger partial charge in [0.05, 0.1) is 21.7 Å². The minimum absolute atomic E-state index is 0.212. The minimum atomic E-state index is -0.818. The molecule has 2 heterocycles. The van der Waals surface area contributed by atoms with E-state index in [0.717, 1.165) is 25.9 Å². The van der Waals surface area contributed by atoms with Crippen LogP contribution in [0.5, 0.6) is 0 Å². The summed E-state index contributed by atoms with van der Waals surface area (Å²) in [5, 5.41) is 23.6. The molecule has 0 saturated carbocycles. The maximum absolute atomic E-state index is 11.5. The summed E-state index contributed by atoms with van der Waals surface area (Å²) in [6.07, 6.45) is 2.89. The molecule has 0 aliphatic carbocycles. The second-order valence-electron chi connectivity index (χ2n) is 8.34. The van der Waals surface area contributed by atoms with Crippen molar-refractivity contribution in [1.29, 1.82) is 5.26 Å². The Bertz CT molecular complexity index is 969. The zero-order valence-electron chi connectivity index (χ0n) is 19.6. The Labute approximate surface area is 202 Å². The first kappa shape index (κ1) is 28.3. The number of nitriles is 1. The average Bonchev–Trinajstić information content (AvgIpc) is 3.44. The van der Waals surface area contributed by atoms with Crippen LogP contribution in [0.4, 0.5) is 4.79 Å². The van der Waals surface area contributed by atoms with E-state index in [1.54, 1.807) is 31.7 Å². The van der Waals surface area contributed by atoms with Gasteiger partial charge in [-0.3, -0.25) is 14.9 Å². The molecule has 3 N–H and O–H groups in total. The Morgan fingerprint density at radius 3 is 2.50 bits per heavy atom. The number of hydrogen-bond acceptors (Lipinski definition) is 9. The van der Waals surface area contributed by atoms with E-state index in [1.165, 1.54) is 17.4 Å². The lowest BCUT2D eigenvalue weighted by molar-refractivity contribution is -0.418. The number of amides is 2. The fraction of sp³-hybridized carbons (Fsp3) is 0.455. The molecule has 34 heavy (non-hydrogen) atoms. The molecule has 11 nitrogen and oxygen atoms in total. The van der Waals surface area contributed by atoms with Gasteiger partial charge < -0.3 is 20.7 Å². The maximum Gasteiger partial charge on any atom is 0.408 e. The second kappa shape index (κ2) is 13.1. The lowest BCUT2D eigenvalue weighted by atomic mass is 10.1. The molecule has 1 aliphatic heterocycles. The highest BCUT2D eigenvalue weighted by molar-refractivity contribution is 7.07. The van der Waals surface area contributed by atoms with Crippen molar-refractivity contribution < 1.29 is 19.2 Å². The fourth-order valence-electron chi connectivity index (χ4n) is 2.78. The summed E-state index contributed by atoms with van der Waals surface area (Å²) in [5.41, 5.74) is 7.44. The van der Waals surface area contributed by atoms with Crippen LogP contribution >= 0.6 is 11.3 Å².